The van der Waals surface area contributed by atoms with Crippen molar-refractivity contribution in [3.8, 4) is 5.75 Å². The van der Waals surface area contributed by atoms with Gasteiger partial charge in [0, 0.05) is 5.56 Å². The molecule has 0 saturated carbocycles. The Kier molecular flexibility index (Phi) is 6.47. The summed E-state index contributed by atoms with van der Waals surface area (Å²) in [6.07, 6.45) is 1.55. The minimum absolute atomic E-state index is 0.319. The first-order valence-electron chi connectivity index (χ1n) is 8.17. The molecule has 0 radical (unpaired) electrons. The number of rotatable bonds is 6. The Balaban J connectivity index is 1.53. The minimum Gasteiger partial charge on any atom is -0.489 e. The van der Waals surface area contributed by atoms with Crippen LogP contribution in [0.3, 0.4) is 0 Å². The van der Waals surface area contributed by atoms with Crippen molar-refractivity contribution in [1.82, 2.24) is 5.43 Å². The largest absolute Gasteiger partial charge is 0.489 e. The number of benzene rings is 3. The van der Waals surface area contributed by atoms with Crippen molar-refractivity contribution in [2.24, 2.45) is 5.10 Å². The standard InChI is InChI=1S/C21H16Cl2N2O2/c22-19-11-8-17(12-20(19)23)21(26)25-24-13-15-6-9-18(10-7-15)27-14-16-4-2-1-3-5-16/h1-13H,14H2,(H,25,26). The van der Waals surface area contributed by atoms with Gasteiger partial charge in [0.1, 0.15) is 12.4 Å². The van der Waals surface area contributed by atoms with Crippen molar-refractivity contribution in [3.63, 3.8) is 0 Å². The number of hydrazone groups is 1. The van der Waals surface area contributed by atoms with Gasteiger partial charge in [-0.05, 0) is 53.6 Å². The van der Waals surface area contributed by atoms with Crippen LogP contribution < -0.4 is 10.2 Å². The lowest BCUT2D eigenvalue weighted by molar-refractivity contribution is 0.0955. The quantitative estimate of drug-likeness (QED) is 0.450. The van der Waals surface area contributed by atoms with Crippen LogP contribution >= 0.6 is 23.2 Å². The summed E-state index contributed by atoms with van der Waals surface area (Å²) >= 11 is 11.7. The molecule has 136 valence electrons. The van der Waals surface area contributed by atoms with Gasteiger partial charge in [-0.15, -0.1) is 0 Å². The van der Waals surface area contributed by atoms with Crippen molar-refractivity contribution >= 4 is 35.3 Å². The average Bonchev–Trinajstić information content (AvgIpc) is 2.70. The third-order valence-corrected chi connectivity index (χ3v) is 4.43. The molecule has 0 atom stereocenters. The fraction of sp³-hybridized carbons (Fsp3) is 0.0476. The Hall–Kier alpha value is -2.82. The number of carbonyl (C=O) groups excluding carboxylic acids is 1. The Morgan fingerprint density at radius 1 is 0.963 bits per heavy atom. The van der Waals surface area contributed by atoms with Crippen molar-refractivity contribution in [3.05, 3.63) is 99.5 Å². The van der Waals surface area contributed by atoms with Gasteiger partial charge in [-0.3, -0.25) is 4.79 Å². The molecule has 6 heteroatoms. The molecule has 0 saturated heterocycles. The van der Waals surface area contributed by atoms with E-state index in [4.69, 9.17) is 27.9 Å². The first-order valence-corrected chi connectivity index (χ1v) is 8.92. The van der Waals surface area contributed by atoms with Gasteiger partial charge in [0.2, 0.25) is 0 Å². The van der Waals surface area contributed by atoms with E-state index in [1.807, 2.05) is 54.6 Å². The first-order chi connectivity index (χ1) is 13.1. The topological polar surface area (TPSA) is 50.7 Å². The van der Waals surface area contributed by atoms with E-state index in [1.165, 1.54) is 6.07 Å². The van der Waals surface area contributed by atoms with Crippen molar-refractivity contribution in [1.29, 1.82) is 0 Å². The van der Waals surface area contributed by atoms with Gasteiger partial charge >= 0.3 is 0 Å². The molecule has 27 heavy (non-hydrogen) atoms. The molecule has 0 heterocycles. The smallest absolute Gasteiger partial charge is 0.271 e. The lowest BCUT2D eigenvalue weighted by atomic mass is 10.2. The van der Waals surface area contributed by atoms with Gasteiger partial charge in [0.25, 0.3) is 5.91 Å². The molecule has 0 bridgehead atoms. The summed E-state index contributed by atoms with van der Waals surface area (Å²) in [5, 5.41) is 4.67. The molecular weight excluding hydrogens is 383 g/mol. The summed E-state index contributed by atoms with van der Waals surface area (Å²) in [6.45, 7) is 0.508. The van der Waals surface area contributed by atoms with Gasteiger partial charge in [-0.25, -0.2) is 5.43 Å². The fourth-order valence-corrected chi connectivity index (χ4v) is 2.56. The predicted octanol–water partition coefficient (Wildman–Crippen LogP) is 5.34. The molecule has 0 unspecified atom stereocenters. The molecule has 3 rings (SSSR count). The monoisotopic (exact) mass is 398 g/mol. The zero-order chi connectivity index (χ0) is 19.1. The highest BCUT2D eigenvalue weighted by atomic mass is 35.5. The van der Waals surface area contributed by atoms with Crippen molar-refractivity contribution in [2.45, 2.75) is 6.61 Å². The molecule has 0 spiro atoms. The van der Waals surface area contributed by atoms with E-state index in [-0.39, 0.29) is 5.91 Å². The summed E-state index contributed by atoms with van der Waals surface area (Å²) in [5.41, 5.74) is 4.77. The number of halogens is 2. The van der Waals surface area contributed by atoms with E-state index in [9.17, 15) is 4.79 Å². The van der Waals surface area contributed by atoms with Gasteiger partial charge in [-0.1, -0.05) is 53.5 Å². The van der Waals surface area contributed by atoms with E-state index in [0.717, 1.165) is 16.9 Å². The summed E-state index contributed by atoms with van der Waals surface area (Å²) in [5.74, 6) is 0.392. The number of nitrogens with zero attached hydrogens (tertiary/aromatic N) is 1. The molecular formula is C21H16Cl2N2O2. The highest BCUT2D eigenvalue weighted by molar-refractivity contribution is 6.42. The molecule has 0 aliphatic carbocycles. The third-order valence-electron chi connectivity index (χ3n) is 3.69. The number of amides is 1. The number of hydrogen-bond acceptors (Lipinski definition) is 3. The van der Waals surface area contributed by atoms with Gasteiger partial charge in [0.05, 0.1) is 16.3 Å². The third kappa shape index (κ3) is 5.58. The van der Waals surface area contributed by atoms with Crippen LogP contribution in [0.2, 0.25) is 10.0 Å². The van der Waals surface area contributed by atoms with E-state index >= 15 is 0 Å². The normalized spacial score (nSPS) is 10.7. The van der Waals surface area contributed by atoms with Crippen LogP contribution in [0.15, 0.2) is 77.9 Å². The van der Waals surface area contributed by atoms with Crippen LogP contribution in [0, 0.1) is 0 Å². The highest BCUT2D eigenvalue weighted by Crippen LogP contribution is 2.22. The maximum Gasteiger partial charge on any atom is 0.271 e. The van der Waals surface area contributed by atoms with Crippen LogP contribution in [0.1, 0.15) is 21.5 Å². The number of hydrogen-bond donors (Lipinski definition) is 1. The maximum absolute atomic E-state index is 12.0. The second kappa shape index (κ2) is 9.21. The van der Waals surface area contributed by atoms with Crippen molar-refractivity contribution < 1.29 is 9.53 Å². The number of carbonyl (C=O) groups is 1. The summed E-state index contributed by atoms with van der Waals surface area (Å²) in [7, 11) is 0. The lowest BCUT2D eigenvalue weighted by Crippen LogP contribution is -2.17. The second-order valence-corrected chi connectivity index (χ2v) is 6.49. The first kappa shape index (κ1) is 19.0. The van der Waals surface area contributed by atoms with Crippen LogP contribution in [-0.4, -0.2) is 12.1 Å². The molecule has 0 aliphatic rings. The van der Waals surface area contributed by atoms with Crippen molar-refractivity contribution in [2.75, 3.05) is 0 Å². The van der Waals surface area contributed by atoms with Crippen LogP contribution in [0.4, 0.5) is 0 Å². The van der Waals surface area contributed by atoms with Crippen LogP contribution in [0.25, 0.3) is 0 Å². The van der Waals surface area contributed by atoms with Crippen LogP contribution in [0.5, 0.6) is 5.75 Å². The number of ether oxygens (including phenoxy) is 1. The molecule has 0 aromatic heterocycles. The zero-order valence-corrected chi connectivity index (χ0v) is 15.7. The summed E-state index contributed by atoms with van der Waals surface area (Å²) in [6, 6.07) is 22.0. The molecule has 1 N–H and O–H groups in total. The summed E-state index contributed by atoms with van der Waals surface area (Å²) in [4.78, 5) is 12.0. The Labute approximate surface area is 167 Å². The van der Waals surface area contributed by atoms with Gasteiger partial charge in [-0.2, -0.15) is 5.10 Å². The SMILES string of the molecule is O=C(NN=Cc1ccc(OCc2ccccc2)cc1)c1ccc(Cl)c(Cl)c1. The lowest BCUT2D eigenvalue weighted by Gasteiger charge is -2.06. The minimum atomic E-state index is -0.368. The molecule has 3 aromatic rings. The maximum atomic E-state index is 12.0. The van der Waals surface area contributed by atoms with E-state index in [0.29, 0.717) is 22.2 Å². The number of nitrogens with one attached hydrogen (secondary N) is 1. The second-order valence-electron chi connectivity index (χ2n) is 5.67. The van der Waals surface area contributed by atoms with Crippen LogP contribution in [-0.2, 0) is 6.61 Å². The highest BCUT2D eigenvalue weighted by Gasteiger charge is 2.06. The van der Waals surface area contributed by atoms with Gasteiger partial charge < -0.3 is 4.74 Å². The van der Waals surface area contributed by atoms with E-state index in [1.54, 1.807) is 18.3 Å². The molecule has 1 amide bonds. The van der Waals surface area contributed by atoms with E-state index in [2.05, 4.69) is 10.5 Å². The molecule has 4 nitrogen and oxygen atoms in total. The molecule has 0 fully saturated rings. The Morgan fingerprint density at radius 2 is 1.70 bits per heavy atom. The van der Waals surface area contributed by atoms with Gasteiger partial charge in [0.15, 0.2) is 0 Å². The molecule has 0 aliphatic heterocycles. The Morgan fingerprint density at radius 3 is 2.41 bits per heavy atom. The molecule has 3 aromatic carbocycles. The Bertz CT molecular complexity index is 942. The average molecular weight is 399 g/mol. The zero-order valence-electron chi connectivity index (χ0n) is 14.2. The predicted molar refractivity (Wildman–Crippen MR) is 109 cm³/mol. The fourth-order valence-electron chi connectivity index (χ4n) is 2.26. The summed E-state index contributed by atoms with van der Waals surface area (Å²) < 4.78 is 5.73. The van der Waals surface area contributed by atoms with E-state index < -0.39 is 0 Å².